The SMILES string of the molecule is CN1CCN(c2ccc(C(=O)Nc3cnc(N4CCN(c5ccccn5)CC4)cn3)cc2)CC1. The molecule has 5 rings (SSSR count). The van der Waals surface area contributed by atoms with Crippen molar-refractivity contribution in [1.82, 2.24) is 19.9 Å². The highest BCUT2D eigenvalue weighted by Gasteiger charge is 2.19. The predicted octanol–water partition coefficient (Wildman–Crippen LogP) is 2.20. The molecule has 1 aromatic carbocycles. The number of amides is 1. The number of carbonyl (C=O) groups excluding carboxylic acids is 1. The van der Waals surface area contributed by atoms with E-state index < -0.39 is 0 Å². The molecule has 2 aliphatic heterocycles. The van der Waals surface area contributed by atoms with E-state index in [4.69, 9.17) is 0 Å². The van der Waals surface area contributed by atoms with Crippen LogP contribution in [0.15, 0.2) is 61.1 Å². The monoisotopic (exact) mass is 458 g/mol. The third-order valence-corrected chi connectivity index (χ3v) is 6.45. The Hall–Kier alpha value is -3.72. The minimum atomic E-state index is -0.184. The van der Waals surface area contributed by atoms with E-state index in [-0.39, 0.29) is 5.91 Å². The largest absolute Gasteiger partial charge is 0.369 e. The van der Waals surface area contributed by atoms with Crippen molar-refractivity contribution in [3.8, 4) is 0 Å². The maximum absolute atomic E-state index is 12.7. The highest BCUT2D eigenvalue weighted by Crippen LogP contribution is 2.19. The molecule has 2 fully saturated rings. The van der Waals surface area contributed by atoms with Crippen molar-refractivity contribution in [2.24, 2.45) is 0 Å². The molecule has 4 heterocycles. The summed E-state index contributed by atoms with van der Waals surface area (Å²) < 4.78 is 0. The number of nitrogens with one attached hydrogen (secondary N) is 1. The lowest BCUT2D eigenvalue weighted by Gasteiger charge is -2.35. The van der Waals surface area contributed by atoms with Crippen molar-refractivity contribution in [3.63, 3.8) is 0 Å². The van der Waals surface area contributed by atoms with E-state index in [1.165, 1.54) is 0 Å². The first kappa shape index (κ1) is 22.1. The van der Waals surface area contributed by atoms with Crippen molar-refractivity contribution in [1.29, 1.82) is 0 Å². The maximum Gasteiger partial charge on any atom is 0.256 e. The third-order valence-electron chi connectivity index (χ3n) is 6.45. The Balaban J connectivity index is 1.14. The van der Waals surface area contributed by atoms with E-state index in [9.17, 15) is 4.79 Å². The first-order valence-corrected chi connectivity index (χ1v) is 11.7. The van der Waals surface area contributed by atoms with E-state index in [2.05, 4.69) is 46.9 Å². The fraction of sp³-hybridized carbons (Fsp3) is 0.360. The topological polar surface area (TPSA) is 80.7 Å². The average molecular weight is 459 g/mol. The first-order valence-electron chi connectivity index (χ1n) is 11.7. The lowest BCUT2D eigenvalue weighted by molar-refractivity contribution is 0.102. The number of pyridine rings is 1. The highest BCUT2D eigenvalue weighted by molar-refractivity contribution is 6.03. The molecule has 2 aromatic heterocycles. The zero-order valence-electron chi connectivity index (χ0n) is 19.5. The van der Waals surface area contributed by atoms with Crippen LogP contribution < -0.4 is 20.0 Å². The Bertz CT molecular complexity index is 1070. The second-order valence-electron chi connectivity index (χ2n) is 8.71. The second kappa shape index (κ2) is 10.0. The minimum absolute atomic E-state index is 0.184. The molecule has 9 nitrogen and oxygen atoms in total. The van der Waals surface area contributed by atoms with Crippen LogP contribution in [0.4, 0.5) is 23.1 Å². The molecule has 176 valence electrons. The zero-order valence-corrected chi connectivity index (χ0v) is 19.5. The van der Waals surface area contributed by atoms with Crippen LogP contribution in [0.2, 0.25) is 0 Å². The van der Waals surface area contributed by atoms with Crippen LogP contribution in [-0.4, -0.2) is 85.2 Å². The van der Waals surface area contributed by atoms with Gasteiger partial charge < -0.3 is 24.9 Å². The number of rotatable bonds is 5. The molecule has 9 heteroatoms. The molecule has 0 atom stereocenters. The molecular weight excluding hydrogens is 428 g/mol. The number of hydrogen-bond donors (Lipinski definition) is 1. The summed E-state index contributed by atoms with van der Waals surface area (Å²) in [6, 6.07) is 13.7. The predicted molar refractivity (Wildman–Crippen MR) is 135 cm³/mol. The van der Waals surface area contributed by atoms with Gasteiger partial charge in [-0.3, -0.25) is 4.79 Å². The van der Waals surface area contributed by atoms with Crippen LogP contribution in [0.25, 0.3) is 0 Å². The smallest absolute Gasteiger partial charge is 0.256 e. The van der Waals surface area contributed by atoms with Gasteiger partial charge in [0.2, 0.25) is 0 Å². The Morgan fingerprint density at radius 1 is 0.735 bits per heavy atom. The third kappa shape index (κ3) is 5.09. The van der Waals surface area contributed by atoms with Gasteiger partial charge in [-0.05, 0) is 43.4 Å². The lowest BCUT2D eigenvalue weighted by Crippen LogP contribution is -2.47. The molecule has 1 amide bonds. The fourth-order valence-corrected chi connectivity index (χ4v) is 4.33. The molecule has 0 bridgehead atoms. The van der Waals surface area contributed by atoms with Gasteiger partial charge in [0.25, 0.3) is 5.91 Å². The number of aromatic nitrogens is 3. The van der Waals surface area contributed by atoms with E-state index in [0.29, 0.717) is 11.4 Å². The molecule has 0 aliphatic carbocycles. The Kier molecular flexibility index (Phi) is 6.53. The highest BCUT2D eigenvalue weighted by atomic mass is 16.1. The van der Waals surface area contributed by atoms with Crippen LogP contribution in [0, 0.1) is 0 Å². The number of piperazine rings is 2. The standard InChI is InChI=1S/C25H30N8O/c1-30-10-12-31(13-11-30)21-7-5-20(6-8-21)25(34)29-22-18-28-24(19-27-22)33-16-14-32(15-17-33)23-4-2-3-9-26-23/h2-9,18-19H,10-17H2,1H3,(H,27,29,34). The normalized spacial score (nSPS) is 17.0. The van der Waals surface area contributed by atoms with Crippen LogP contribution in [0.5, 0.6) is 0 Å². The van der Waals surface area contributed by atoms with Gasteiger partial charge in [0.1, 0.15) is 11.6 Å². The Morgan fingerprint density at radius 3 is 2.03 bits per heavy atom. The van der Waals surface area contributed by atoms with Gasteiger partial charge in [0.05, 0.1) is 12.4 Å². The molecule has 34 heavy (non-hydrogen) atoms. The van der Waals surface area contributed by atoms with Gasteiger partial charge in [-0.2, -0.15) is 0 Å². The molecule has 0 spiro atoms. The van der Waals surface area contributed by atoms with Gasteiger partial charge in [-0.15, -0.1) is 0 Å². The molecule has 0 saturated carbocycles. The number of anilines is 4. The number of hydrogen-bond acceptors (Lipinski definition) is 8. The van der Waals surface area contributed by atoms with Gasteiger partial charge >= 0.3 is 0 Å². The fourth-order valence-electron chi connectivity index (χ4n) is 4.33. The Morgan fingerprint density at radius 2 is 1.41 bits per heavy atom. The van der Waals surface area contributed by atoms with Crippen molar-refractivity contribution in [2.75, 3.05) is 79.4 Å². The summed E-state index contributed by atoms with van der Waals surface area (Å²) in [5, 5.41) is 2.85. The number of nitrogens with zero attached hydrogens (tertiary/aromatic N) is 7. The number of carbonyl (C=O) groups is 1. The van der Waals surface area contributed by atoms with E-state index in [1.54, 1.807) is 12.4 Å². The summed E-state index contributed by atoms with van der Waals surface area (Å²) in [5.41, 5.74) is 1.76. The van der Waals surface area contributed by atoms with E-state index >= 15 is 0 Å². The summed E-state index contributed by atoms with van der Waals surface area (Å²) >= 11 is 0. The van der Waals surface area contributed by atoms with Crippen molar-refractivity contribution >= 4 is 29.0 Å². The molecular formula is C25H30N8O. The molecule has 3 aromatic rings. The summed E-state index contributed by atoms with van der Waals surface area (Å²) in [6.45, 7) is 7.55. The molecule has 0 unspecified atom stereocenters. The number of likely N-dealkylation sites (N-methyl/N-ethyl adjacent to an activating group) is 1. The summed E-state index contributed by atoms with van der Waals surface area (Å²) in [4.78, 5) is 35.2. The molecule has 0 radical (unpaired) electrons. The first-order chi connectivity index (χ1) is 16.7. The average Bonchev–Trinajstić information content (AvgIpc) is 2.90. The number of benzene rings is 1. The Labute approximate surface area is 200 Å². The molecule has 2 saturated heterocycles. The van der Waals surface area contributed by atoms with Crippen molar-refractivity contribution in [2.45, 2.75) is 0 Å². The van der Waals surface area contributed by atoms with E-state index in [0.717, 1.165) is 69.7 Å². The zero-order chi connectivity index (χ0) is 23.3. The second-order valence-corrected chi connectivity index (χ2v) is 8.71. The van der Waals surface area contributed by atoms with Gasteiger partial charge in [-0.25, -0.2) is 15.0 Å². The van der Waals surface area contributed by atoms with Crippen molar-refractivity contribution < 1.29 is 4.79 Å². The molecule has 1 N–H and O–H groups in total. The quantitative estimate of drug-likeness (QED) is 0.623. The van der Waals surface area contributed by atoms with Gasteiger partial charge in [0.15, 0.2) is 5.82 Å². The minimum Gasteiger partial charge on any atom is -0.369 e. The van der Waals surface area contributed by atoms with Crippen molar-refractivity contribution in [3.05, 3.63) is 66.6 Å². The van der Waals surface area contributed by atoms with Crippen LogP contribution in [-0.2, 0) is 0 Å². The van der Waals surface area contributed by atoms with E-state index in [1.807, 2.05) is 48.7 Å². The van der Waals surface area contributed by atoms with Crippen LogP contribution in [0.3, 0.4) is 0 Å². The van der Waals surface area contributed by atoms with Gasteiger partial charge in [-0.1, -0.05) is 6.07 Å². The summed E-state index contributed by atoms with van der Waals surface area (Å²) in [5.74, 6) is 2.08. The summed E-state index contributed by atoms with van der Waals surface area (Å²) in [6.07, 6.45) is 5.17. The summed E-state index contributed by atoms with van der Waals surface area (Å²) in [7, 11) is 2.14. The van der Waals surface area contributed by atoms with Crippen LogP contribution >= 0.6 is 0 Å². The molecule has 2 aliphatic rings. The maximum atomic E-state index is 12.7. The van der Waals surface area contributed by atoms with Crippen LogP contribution in [0.1, 0.15) is 10.4 Å². The lowest BCUT2D eigenvalue weighted by atomic mass is 10.1. The van der Waals surface area contributed by atoms with Gasteiger partial charge in [0, 0.05) is 69.8 Å².